The molecule has 0 radical (unpaired) electrons. The highest BCUT2D eigenvalue weighted by atomic mass is 35.5. The van der Waals surface area contributed by atoms with Gasteiger partial charge in [0.1, 0.15) is 5.75 Å². The van der Waals surface area contributed by atoms with Gasteiger partial charge in [0.2, 0.25) is 0 Å². The van der Waals surface area contributed by atoms with Crippen molar-refractivity contribution in [1.82, 2.24) is 0 Å². The van der Waals surface area contributed by atoms with E-state index in [-0.39, 0.29) is 12.5 Å². The molecule has 0 unspecified atom stereocenters. The van der Waals surface area contributed by atoms with Crippen molar-refractivity contribution in [3.8, 4) is 5.75 Å². The number of carbonyl (C=O) groups excluding carboxylic acids is 1. The van der Waals surface area contributed by atoms with Crippen LogP contribution in [-0.2, 0) is 4.79 Å². The molecule has 1 N–H and O–H groups in total. The van der Waals surface area contributed by atoms with Crippen LogP contribution in [0.3, 0.4) is 0 Å². The molecule has 0 aliphatic rings. The highest BCUT2D eigenvalue weighted by molar-refractivity contribution is 6.33. The lowest BCUT2D eigenvalue weighted by Gasteiger charge is -2.11. The smallest absolute Gasteiger partial charge is 0.262 e. The first kappa shape index (κ1) is 15.7. The summed E-state index contributed by atoms with van der Waals surface area (Å²) in [6, 6.07) is 10.7. The van der Waals surface area contributed by atoms with Crippen molar-refractivity contribution in [2.24, 2.45) is 0 Å². The van der Waals surface area contributed by atoms with Gasteiger partial charge < -0.3 is 10.1 Å². The second-order valence-corrected chi connectivity index (χ2v) is 5.47. The highest BCUT2D eigenvalue weighted by Gasteiger charge is 2.08. The Morgan fingerprint density at radius 1 is 1.14 bits per heavy atom. The van der Waals surface area contributed by atoms with Crippen LogP contribution in [0.1, 0.15) is 11.1 Å². The molecule has 0 heterocycles. The number of aryl methyl sites for hydroxylation is 2. The molecule has 1 amide bonds. The van der Waals surface area contributed by atoms with Crippen molar-refractivity contribution in [3.63, 3.8) is 0 Å². The van der Waals surface area contributed by atoms with Gasteiger partial charge in [-0.2, -0.15) is 0 Å². The third-order valence-electron chi connectivity index (χ3n) is 2.93. The van der Waals surface area contributed by atoms with Gasteiger partial charge in [-0.05, 0) is 49.2 Å². The molecule has 2 aromatic carbocycles. The summed E-state index contributed by atoms with van der Waals surface area (Å²) in [7, 11) is 0. The van der Waals surface area contributed by atoms with E-state index in [9.17, 15) is 4.79 Å². The van der Waals surface area contributed by atoms with Crippen LogP contribution >= 0.6 is 23.2 Å². The summed E-state index contributed by atoms with van der Waals surface area (Å²) in [5.74, 6) is 0.345. The lowest BCUT2D eigenvalue weighted by Crippen LogP contribution is -2.20. The quantitative estimate of drug-likeness (QED) is 0.890. The second-order valence-electron chi connectivity index (χ2n) is 4.69. The number of hydrogen-bond acceptors (Lipinski definition) is 2. The average molecular weight is 324 g/mol. The molecule has 2 rings (SSSR count). The van der Waals surface area contributed by atoms with Crippen LogP contribution in [0.25, 0.3) is 0 Å². The van der Waals surface area contributed by atoms with Crippen LogP contribution in [0.5, 0.6) is 5.75 Å². The van der Waals surface area contributed by atoms with Crippen LogP contribution in [0.15, 0.2) is 36.4 Å². The Kier molecular flexibility index (Phi) is 5.10. The van der Waals surface area contributed by atoms with Crippen molar-refractivity contribution in [1.29, 1.82) is 0 Å². The van der Waals surface area contributed by atoms with Crippen molar-refractivity contribution >= 4 is 34.8 Å². The lowest BCUT2D eigenvalue weighted by molar-refractivity contribution is -0.118. The number of benzene rings is 2. The molecule has 0 aromatic heterocycles. The van der Waals surface area contributed by atoms with E-state index in [1.54, 1.807) is 36.4 Å². The van der Waals surface area contributed by atoms with Crippen LogP contribution < -0.4 is 10.1 Å². The van der Waals surface area contributed by atoms with Gasteiger partial charge in [0.05, 0.1) is 10.7 Å². The van der Waals surface area contributed by atoms with Gasteiger partial charge in [0.15, 0.2) is 6.61 Å². The predicted molar refractivity (Wildman–Crippen MR) is 86.5 cm³/mol. The minimum atomic E-state index is -0.270. The molecule has 0 aliphatic heterocycles. The van der Waals surface area contributed by atoms with Gasteiger partial charge in [-0.25, -0.2) is 0 Å². The number of halogens is 2. The zero-order chi connectivity index (χ0) is 15.4. The van der Waals surface area contributed by atoms with E-state index < -0.39 is 0 Å². The average Bonchev–Trinajstić information content (AvgIpc) is 2.45. The van der Waals surface area contributed by atoms with Crippen LogP contribution in [0, 0.1) is 13.8 Å². The number of carbonyl (C=O) groups is 1. The Labute approximate surface area is 133 Å². The van der Waals surface area contributed by atoms with Crippen LogP contribution in [0.2, 0.25) is 10.0 Å². The first-order valence-corrected chi connectivity index (χ1v) is 7.17. The van der Waals surface area contributed by atoms with Crippen LogP contribution in [-0.4, -0.2) is 12.5 Å². The fourth-order valence-corrected chi connectivity index (χ4v) is 2.18. The van der Waals surface area contributed by atoms with E-state index in [4.69, 9.17) is 27.9 Å². The van der Waals surface area contributed by atoms with E-state index in [2.05, 4.69) is 5.32 Å². The molecular weight excluding hydrogens is 309 g/mol. The fraction of sp³-hybridized carbons (Fsp3) is 0.188. The van der Waals surface area contributed by atoms with Crippen LogP contribution in [0.4, 0.5) is 5.69 Å². The second kappa shape index (κ2) is 6.83. The third-order valence-corrected chi connectivity index (χ3v) is 3.85. The molecule has 5 heteroatoms. The van der Waals surface area contributed by atoms with Crippen molar-refractivity contribution in [2.75, 3.05) is 11.9 Å². The largest absolute Gasteiger partial charge is 0.484 e. The molecule has 0 bridgehead atoms. The fourth-order valence-electron chi connectivity index (χ4n) is 1.89. The maximum absolute atomic E-state index is 11.9. The first-order valence-electron chi connectivity index (χ1n) is 6.41. The standard InChI is InChI=1S/C16H15Cl2NO2/c1-10-7-12(8-11(2)16(10)18)21-9-15(20)19-14-6-4-3-5-13(14)17/h3-8H,9H2,1-2H3,(H,19,20). The minimum Gasteiger partial charge on any atom is -0.484 e. The minimum absolute atomic E-state index is 0.0915. The number of rotatable bonds is 4. The molecule has 110 valence electrons. The van der Waals surface area contributed by atoms with Gasteiger partial charge in [0.25, 0.3) is 5.91 Å². The van der Waals surface area contributed by atoms with Gasteiger partial charge in [-0.3, -0.25) is 4.79 Å². The summed E-state index contributed by atoms with van der Waals surface area (Å²) in [6.07, 6.45) is 0. The Bertz CT molecular complexity index is 648. The number of nitrogens with one attached hydrogen (secondary N) is 1. The molecule has 0 spiro atoms. The molecule has 2 aromatic rings. The number of ether oxygens (including phenoxy) is 1. The molecule has 0 fully saturated rings. The number of amides is 1. The maximum atomic E-state index is 11.9. The molecular formula is C16H15Cl2NO2. The monoisotopic (exact) mass is 323 g/mol. The topological polar surface area (TPSA) is 38.3 Å². The zero-order valence-corrected chi connectivity index (χ0v) is 13.3. The SMILES string of the molecule is Cc1cc(OCC(=O)Nc2ccccc2Cl)cc(C)c1Cl. The summed E-state index contributed by atoms with van der Waals surface area (Å²) in [5.41, 5.74) is 2.40. The molecule has 0 saturated heterocycles. The van der Waals surface area contributed by atoms with Crippen molar-refractivity contribution < 1.29 is 9.53 Å². The van der Waals surface area contributed by atoms with Gasteiger partial charge >= 0.3 is 0 Å². The Morgan fingerprint density at radius 3 is 2.38 bits per heavy atom. The molecule has 0 aliphatic carbocycles. The summed E-state index contributed by atoms with van der Waals surface area (Å²) >= 11 is 12.1. The maximum Gasteiger partial charge on any atom is 0.262 e. The van der Waals surface area contributed by atoms with Crippen molar-refractivity contribution in [2.45, 2.75) is 13.8 Å². The summed E-state index contributed by atoms with van der Waals surface area (Å²) in [5, 5.41) is 3.90. The first-order chi connectivity index (χ1) is 9.97. The third kappa shape index (κ3) is 4.13. The molecule has 21 heavy (non-hydrogen) atoms. The highest BCUT2D eigenvalue weighted by Crippen LogP contribution is 2.26. The predicted octanol–water partition coefficient (Wildman–Crippen LogP) is 4.63. The summed E-state index contributed by atoms with van der Waals surface area (Å²) in [4.78, 5) is 11.9. The van der Waals surface area contributed by atoms with E-state index in [1.807, 2.05) is 13.8 Å². The Morgan fingerprint density at radius 2 is 1.76 bits per heavy atom. The van der Waals surface area contributed by atoms with E-state index >= 15 is 0 Å². The zero-order valence-electron chi connectivity index (χ0n) is 11.7. The summed E-state index contributed by atoms with van der Waals surface area (Å²) < 4.78 is 5.48. The molecule has 0 saturated carbocycles. The normalized spacial score (nSPS) is 10.3. The van der Waals surface area contributed by atoms with E-state index in [1.165, 1.54) is 0 Å². The Balaban J connectivity index is 1.97. The van der Waals surface area contributed by atoms with E-state index in [0.29, 0.717) is 21.5 Å². The number of hydrogen-bond donors (Lipinski definition) is 1. The molecule has 0 atom stereocenters. The van der Waals surface area contributed by atoms with Gasteiger partial charge in [-0.15, -0.1) is 0 Å². The van der Waals surface area contributed by atoms with E-state index in [0.717, 1.165) is 11.1 Å². The number of para-hydroxylation sites is 1. The van der Waals surface area contributed by atoms with Crippen molar-refractivity contribution in [3.05, 3.63) is 57.6 Å². The lowest BCUT2D eigenvalue weighted by atomic mass is 10.1. The Hall–Kier alpha value is -1.71. The molecule has 3 nitrogen and oxygen atoms in total. The van der Waals surface area contributed by atoms with Gasteiger partial charge in [0, 0.05) is 5.02 Å². The number of anilines is 1. The summed E-state index contributed by atoms with van der Waals surface area (Å²) in [6.45, 7) is 3.70. The van der Waals surface area contributed by atoms with Gasteiger partial charge in [-0.1, -0.05) is 35.3 Å².